The van der Waals surface area contributed by atoms with Crippen molar-refractivity contribution in [3.63, 3.8) is 0 Å². The summed E-state index contributed by atoms with van der Waals surface area (Å²) in [4.78, 5) is 0. The van der Waals surface area contributed by atoms with Crippen molar-refractivity contribution in [1.29, 1.82) is 21.0 Å². The molecule has 6 aromatic carbocycles. The van der Waals surface area contributed by atoms with E-state index >= 15 is 0 Å². The molecule has 0 atom stereocenters. The molecular weight excluding hydrogens is 637 g/mol. The van der Waals surface area contributed by atoms with Crippen molar-refractivity contribution >= 4 is 49.3 Å². The first-order valence-corrected chi connectivity index (χ1v) is 16.9. The molecule has 0 aliphatic rings. The van der Waals surface area contributed by atoms with E-state index in [9.17, 15) is 21.0 Å². The zero-order valence-electron chi connectivity index (χ0n) is 28.8. The summed E-state index contributed by atoms with van der Waals surface area (Å²) in [7, 11) is 0. The molecule has 0 saturated carbocycles. The maximum Gasteiger partial charge on any atom is 0.0992 e. The SMILES string of the molecule is C/C=C(/n1c2ccccc2c2ccc(-c3cc(C#N)cc(C#N)c3)cc21)C(C)(C)n1c2ccccc2c2ccc(-c3cc(C#N)cc(C#N)c3)cc21. The third-order valence-electron chi connectivity index (χ3n) is 10.1. The molecule has 8 aromatic rings. The lowest BCUT2D eigenvalue weighted by Gasteiger charge is -2.34. The maximum absolute atomic E-state index is 9.71. The fraction of sp³-hybridized carbons (Fsp3) is 0.0870. The van der Waals surface area contributed by atoms with E-state index in [0.29, 0.717) is 22.3 Å². The van der Waals surface area contributed by atoms with Gasteiger partial charge in [0.2, 0.25) is 0 Å². The second-order valence-corrected chi connectivity index (χ2v) is 13.4. The van der Waals surface area contributed by atoms with E-state index in [-0.39, 0.29) is 0 Å². The van der Waals surface area contributed by atoms with Crippen molar-refractivity contribution < 1.29 is 0 Å². The highest BCUT2D eigenvalue weighted by atomic mass is 15.1. The number of rotatable bonds is 5. The molecule has 52 heavy (non-hydrogen) atoms. The average molecular weight is 667 g/mol. The third kappa shape index (κ3) is 4.91. The molecule has 0 aliphatic carbocycles. The summed E-state index contributed by atoms with van der Waals surface area (Å²) in [6.45, 7) is 6.56. The van der Waals surface area contributed by atoms with Crippen LogP contribution in [0.4, 0.5) is 0 Å². The number of hydrogen-bond donors (Lipinski definition) is 0. The van der Waals surface area contributed by atoms with Gasteiger partial charge in [0.05, 0.1) is 68.6 Å². The number of para-hydroxylation sites is 2. The van der Waals surface area contributed by atoms with Crippen LogP contribution >= 0.6 is 0 Å². The van der Waals surface area contributed by atoms with E-state index in [2.05, 4.69) is 145 Å². The minimum Gasteiger partial charge on any atom is -0.329 e. The summed E-state index contributed by atoms with van der Waals surface area (Å²) >= 11 is 0. The van der Waals surface area contributed by atoms with E-state index in [1.807, 2.05) is 24.3 Å². The summed E-state index contributed by atoms with van der Waals surface area (Å²) in [6.07, 6.45) is 2.18. The fourth-order valence-corrected chi connectivity index (χ4v) is 7.88. The van der Waals surface area contributed by atoms with Crippen LogP contribution in [0.1, 0.15) is 43.0 Å². The number of hydrogen-bond acceptors (Lipinski definition) is 4. The quantitative estimate of drug-likeness (QED) is 0.182. The zero-order chi connectivity index (χ0) is 36.1. The lowest BCUT2D eigenvalue weighted by molar-refractivity contribution is 0.486. The van der Waals surface area contributed by atoms with Crippen molar-refractivity contribution in [2.75, 3.05) is 0 Å². The Morgan fingerprint density at radius 2 is 0.904 bits per heavy atom. The lowest BCUT2D eigenvalue weighted by atomic mass is 9.96. The fourth-order valence-electron chi connectivity index (χ4n) is 7.88. The van der Waals surface area contributed by atoms with Crippen LogP contribution in [0.25, 0.3) is 71.6 Å². The molecule has 0 unspecified atom stereocenters. The number of benzene rings is 6. The Labute approximate surface area is 301 Å². The first kappa shape index (κ1) is 31.9. The molecule has 8 rings (SSSR count). The van der Waals surface area contributed by atoms with Gasteiger partial charge >= 0.3 is 0 Å². The molecule has 0 radical (unpaired) electrons. The standard InChI is InChI=1S/C46H30N6/c1-4-45(51-41-11-7-5-9-37(41)39-15-13-33(23-43(39)51)35-19-29(25-47)17-30(20-35)26-48)46(2,3)52-42-12-8-6-10-38(42)40-16-14-34(24-44(40)52)36-21-31(27-49)18-32(22-36)28-50/h4-24H,1-3H3/b45-4+. The van der Waals surface area contributed by atoms with Crippen LogP contribution in [0, 0.1) is 45.3 Å². The highest BCUT2D eigenvalue weighted by molar-refractivity contribution is 6.12. The largest absolute Gasteiger partial charge is 0.329 e. The van der Waals surface area contributed by atoms with Crippen LogP contribution in [0.15, 0.2) is 127 Å². The van der Waals surface area contributed by atoms with Gasteiger partial charge in [-0.05, 0) is 104 Å². The summed E-state index contributed by atoms with van der Waals surface area (Å²) in [5.74, 6) is 0. The topological polar surface area (TPSA) is 105 Å². The molecule has 244 valence electrons. The summed E-state index contributed by atoms with van der Waals surface area (Å²) in [5.41, 5.74) is 9.88. The van der Waals surface area contributed by atoms with E-state index in [1.165, 1.54) is 0 Å². The predicted molar refractivity (Wildman–Crippen MR) is 208 cm³/mol. The van der Waals surface area contributed by atoms with E-state index in [4.69, 9.17) is 0 Å². The Morgan fingerprint density at radius 1 is 0.481 bits per heavy atom. The van der Waals surface area contributed by atoms with Crippen molar-refractivity contribution in [1.82, 2.24) is 9.13 Å². The Hall–Kier alpha value is -7.38. The maximum atomic E-state index is 9.71. The number of nitriles is 4. The molecule has 0 N–H and O–H groups in total. The Kier molecular flexibility index (Phi) is 7.47. The molecule has 2 heterocycles. The van der Waals surface area contributed by atoms with Crippen LogP contribution < -0.4 is 0 Å². The van der Waals surface area contributed by atoms with Crippen LogP contribution in [0.3, 0.4) is 0 Å². The molecule has 6 nitrogen and oxygen atoms in total. The summed E-state index contributed by atoms with van der Waals surface area (Å²) in [6, 6.07) is 48.9. The van der Waals surface area contributed by atoms with E-state index in [0.717, 1.165) is 71.6 Å². The van der Waals surface area contributed by atoms with Crippen molar-refractivity contribution in [3.8, 4) is 46.5 Å². The van der Waals surface area contributed by atoms with Gasteiger partial charge in [-0.25, -0.2) is 0 Å². The number of allylic oxidation sites excluding steroid dienone is 2. The van der Waals surface area contributed by atoms with Gasteiger partial charge in [0.1, 0.15) is 0 Å². The molecular formula is C46H30N6. The minimum atomic E-state index is -0.611. The molecule has 0 amide bonds. The van der Waals surface area contributed by atoms with Gasteiger partial charge in [0.15, 0.2) is 0 Å². The van der Waals surface area contributed by atoms with Gasteiger partial charge < -0.3 is 9.13 Å². The zero-order valence-corrected chi connectivity index (χ0v) is 28.8. The molecule has 6 heteroatoms. The van der Waals surface area contributed by atoms with Gasteiger partial charge in [0, 0.05) is 32.8 Å². The van der Waals surface area contributed by atoms with Gasteiger partial charge in [0.25, 0.3) is 0 Å². The van der Waals surface area contributed by atoms with Crippen molar-refractivity contribution in [2.24, 2.45) is 0 Å². The monoisotopic (exact) mass is 666 g/mol. The molecule has 0 bridgehead atoms. The van der Waals surface area contributed by atoms with Crippen molar-refractivity contribution in [3.05, 3.63) is 150 Å². The number of fused-ring (bicyclic) bond motifs is 6. The van der Waals surface area contributed by atoms with Crippen LogP contribution in [-0.2, 0) is 5.54 Å². The second kappa shape index (κ2) is 12.2. The number of nitrogens with zero attached hydrogens (tertiary/aromatic N) is 6. The smallest absolute Gasteiger partial charge is 0.0992 e. The average Bonchev–Trinajstić information content (AvgIpc) is 3.70. The van der Waals surface area contributed by atoms with Gasteiger partial charge in [-0.15, -0.1) is 0 Å². The Balaban J connectivity index is 1.39. The molecule has 0 aliphatic heterocycles. The van der Waals surface area contributed by atoms with Gasteiger partial charge in [-0.2, -0.15) is 21.0 Å². The van der Waals surface area contributed by atoms with Gasteiger partial charge in [-0.3, -0.25) is 0 Å². The Morgan fingerprint density at radius 3 is 1.40 bits per heavy atom. The second-order valence-electron chi connectivity index (χ2n) is 13.4. The predicted octanol–water partition coefficient (Wildman–Crippen LogP) is 11.0. The number of aromatic nitrogens is 2. The highest BCUT2D eigenvalue weighted by Crippen LogP contribution is 2.44. The van der Waals surface area contributed by atoms with Crippen LogP contribution in [0.2, 0.25) is 0 Å². The van der Waals surface area contributed by atoms with Crippen LogP contribution in [0.5, 0.6) is 0 Å². The van der Waals surface area contributed by atoms with Gasteiger partial charge in [-0.1, -0.05) is 66.7 Å². The Bertz CT molecular complexity index is 2930. The molecule has 0 fully saturated rings. The lowest BCUT2D eigenvalue weighted by Crippen LogP contribution is -2.30. The normalized spacial score (nSPS) is 11.8. The van der Waals surface area contributed by atoms with Crippen LogP contribution in [-0.4, -0.2) is 9.13 Å². The highest BCUT2D eigenvalue weighted by Gasteiger charge is 2.32. The minimum absolute atomic E-state index is 0.443. The first-order chi connectivity index (χ1) is 25.3. The molecule has 0 saturated heterocycles. The van der Waals surface area contributed by atoms with Crippen molar-refractivity contribution in [2.45, 2.75) is 26.3 Å². The van der Waals surface area contributed by atoms with E-state index in [1.54, 1.807) is 12.1 Å². The summed E-state index contributed by atoms with van der Waals surface area (Å²) in [5, 5.41) is 43.3. The summed E-state index contributed by atoms with van der Waals surface area (Å²) < 4.78 is 4.74. The van der Waals surface area contributed by atoms with E-state index < -0.39 is 5.54 Å². The first-order valence-electron chi connectivity index (χ1n) is 16.9. The molecule has 2 aromatic heterocycles. The third-order valence-corrected chi connectivity index (χ3v) is 10.1. The molecule has 0 spiro atoms.